The first-order valence-corrected chi connectivity index (χ1v) is 12.5. The van der Waals surface area contributed by atoms with Gasteiger partial charge in [-0.2, -0.15) is 0 Å². The Morgan fingerprint density at radius 2 is 1.94 bits per heavy atom. The van der Waals surface area contributed by atoms with Crippen LogP contribution in [0, 0.1) is 6.92 Å². The molecule has 0 amide bonds. The van der Waals surface area contributed by atoms with Crippen LogP contribution >= 0.6 is 11.3 Å². The van der Waals surface area contributed by atoms with Crippen LogP contribution in [-0.4, -0.2) is 28.1 Å². The number of hydrogen-bond donors (Lipinski definition) is 1. The molecule has 1 saturated heterocycles. The number of fused-ring (bicyclic) bond motifs is 1. The van der Waals surface area contributed by atoms with Gasteiger partial charge >= 0.3 is 0 Å². The summed E-state index contributed by atoms with van der Waals surface area (Å²) in [5.41, 5.74) is 4.24. The van der Waals surface area contributed by atoms with Crippen LogP contribution in [0.4, 0.5) is 0 Å². The normalized spacial score (nSPS) is 15.7. The van der Waals surface area contributed by atoms with Crippen LogP contribution in [0.15, 0.2) is 57.3 Å². The quantitative estimate of drug-likeness (QED) is 0.392. The minimum atomic E-state index is -0.184. The number of hydrogen-bond acceptors (Lipinski definition) is 6. The number of piperidine rings is 1. The Labute approximate surface area is 197 Å². The van der Waals surface area contributed by atoms with Crippen LogP contribution < -0.4 is 5.43 Å². The van der Waals surface area contributed by atoms with E-state index in [1.807, 2.05) is 37.4 Å². The van der Waals surface area contributed by atoms with E-state index >= 15 is 0 Å². The fourth-order valence-corrected chi connectivity index (χ4v) is 5.67. The van der Waals surface area contributed by atoms with Crippen LogP contribution in [0.1, 0.15) is 54.6 Å². The molecule has 1 aliphatic heterocycles. The first kappa shape index (κ1) is 21.9. The number of likely N-dealkylation sites (tertiary alicyclic amines) is 1. The first-order valence-electron chi connectivity index (χ1n) is 11.6. The number of phenols is 1. The number of rotatable bonds is 5. The first-order chi connectivity index (χ1) is 16.1. The molecule has 1 N–H and O–H groups in total. The van der Waals surface area contributed by atoms with Crippen LogP contribution in [-0.2, 0) is 6.42 Å². The van der Waals surface area contributed by atoms with Crippen molar-refractivity contribution in [3.63, 3.8) is 0 Å². The minimum absolute atomic E-state index is 0.105. The Morgan fingerprint density at radius 1 is 1.18 bits per heavy atom. The molecule has 2 aromatic heterocycles. The van der Waals surface area contributed by atoms with Crippen molar-refractivity contribution in [2.24, 2.45) is 0 Å². The van der Waals surface area contributed by atoms with Crippen molar-refractivity contribution >= 4 is 22.3 Å². The van der Waals surface area contributed by atoms with Gasteiger partial charge in [0.2, 0.25) is 5.43 Å². The van der Waals surface area contributed by atoms with E-state index in [1.54, 1.807) is 6.07 Å². The molecule has 0 unspecified atom stereocenters. The highest BCUT2D eigenvalue weighted by Gasteiger charge is 2.31. The van der Waals surface area contributed by atoms with Gasteiger partial charge in [-0.25, -0.2) is 4.98 Å². The summed E-state index contributed by atoms with van der Waals surface area (Å²) in [6.45, 7) is 5.80. The van der Waals surface area contributed by atoms with Crippen LogP contribution in [0.3, 0.4) is 0 Å². The van der Waals surface area contributed by atoms with Crippen molar-refractivity contribution in [3.8, 4) is 16.3 Å². The second-order valence-electron chi connectivity index (χ2n) is 8.71. The fraction of sp³-hybridized carbons (Fsp3) is 0.333. The second-order valence-corrected chi connectivity index (χ2v) is 9.57. The maximum absolute atomic E-state index is 13.6. The van der Waals surface area contributed by atoms with Crippen LogP contribution in [0.5, 0.6) is 5.75 Å². The van der Waals surface area contributed by atoms with Gasteiger partial charge in [0.05, 0.1) is 22.6 Å². The molecule has 4 aromatic rings. The van der Waals surface area contributed by atoms with Crippen molar-refractivity contribution in [3.05, 3.63) is 80.6 Å². The topological polar surface area (TPSA) is 66.6 Å². The monoisotopic (exact) mass is 460 g/mol. The maximum atomic E-state index is 13.6. The molecule has 0 aliphatic carbocycles. The Morgan fingerprint density at radius 3 is 2.61 bits per heavy atom. The predicted octanol–water partition coefficient (Wildman–Crippen LogP) is 6.07. The van der Waals surface area contributed by atoms with E-state index in [0.717, 1.165) is 42.8 Å². The molecule has 1 aliphatic rings. The lowest BCUT2D eigenvalue weighted by Gasteiger charge is -2.36. The highest BCUT2D eigenvalue weighted by molar-refractivity contribution is 7.13. The summed E-state index contributed by atoms with van der Waals surface area (Å²) in [5, 5.41) is 14.5. The van der Waals surface area contributed by atoms with E-state index in [1.165, 1.54) is 24.0 Å². The SMILES string of the molecule is CCc1cc2c(=O)c(-c3nc(C)cs3)coc2c([C@@H](c2ccccc2)N2CCCCC2)c1O. The zero-order valence-corrected chi connectivity index (χ0v) is 19.8. The Balaban J connectivity index is 1.79. The molecule has 0 saturated carbocycles. The van der Waals surface area contributed by atoms with Gasteiger partial charge in [-0.1, -0.05) is 43.7 Å². The van der Waals surface area contributed by atoms with Gasteiger partial charge in [0.1, 0.15) is 22.6 Å². The lowest BCUT2D eigenvalue weighted by atomic mass is 9.90. The van der Waals surface area contributed by atoms with Crippen molar-refractivity contribution < 1.29 is 9.52 Å². The lowest BCUT2D eigenvalue weighted by molar-refractivity contribution is 0.185. The molecule has 6 heteroatoms. The molecule has 2 aromatic carbocycles. The molecule has 0 bridgehead atoms. The molecule has 1 fully saturated rings. The van der Waals surface area contributed by atoms with Crippen molar-refractivity contribution in [2.75, 3.05) is 13.1 Å². The summed E-state index contributed by atoms with van der Waals surface area (Å²) in [5.74, 6) is 0.227. The third kappa shape index (κ3) is 3.98. The number of nitrogens with zero attached hydrogens (tertiary/aromatic N) is 2. The maximum Gasteiger partial charge on any atom is 0.202 e. The molecular formula is C27H28N2O3S. The van der Waals surface area contributed by atoms with Crippen LogP contribution in [0.25, 0.3) is 21.5 Å². The average molecular weight is 461 g/mol. The number of aromatic nitrogens is 1. The standard InChI is InChI=1S/C27H28N2O3S/c1-3-18-14-20-25(31)21(27-28-17(2)16-33-27)15-32-26(20)22(24(18)30)23(19-10-6-4-7-11-19)29-12-8-5-9-13-29/h4,6-7,10-11,14-16,23,30H,3,5,8-9,12-13H2,1-2H3/t23-/m1/s1. The molecule has 5 rings (SSSR count). The Hall–Kier alpha value is -2.96. The number of aromatic hydroxyl groups is 1. The van der Waals surface area contributed by atoms with E-state index in [0.29, 0.717) is 33.5 Å². The Kier molecular flexibility index (Phi) is 6.04. The van der Waals surface area contributed by atoms with E-state index in [-0.39, 0.29) is 17.2 Å². The van der Waals surface area contributed by atoms with Crippen molar-refractivity contribution in [2.45, 2.75) is 45.6 Å². The molecule has 1 atom stereocenters. The van der Waals surface area contributed by atoms with Gasteiger partial charge in [0, 0.05) is 11.1 Å². The van der Waals surface area contributed by atoms with E-state index in [9.17, 15) is 9.90 Å². The summed E-state index contributed by atoms with van der Waals surface area (Å²) in [7, 11) is 0. The number of thiazole rings is 1. The van der Waals surface area contributed by atoms with Gasteiger partial charge in [-0.05, 0) is 56.5 Å². The largest absolute Gasteiger partial charge is 0.507 e. The minimum Gasteiger partial charge on any atom is -0.507 e. The Bertz CT molecular complexity index is 1340. The third-order valence-corrected chi connectivity index (χ3v) is 7.52. The highest BCUT2D eigenvalue weighted by atomic mass is 32.1. The molecule has 170 valence electrons. The third-order valence-electron chi connectivity index (χ3n) is 6.53. The summed E-state index contributed by atoms with van der Waals surface area (Å²) >= 11 is 1.44. The molecular weight excluding hydrogens is 432 g/mol. The van der Waals surface area contributed by atoms with E-state index < -0.39 is 0 Å². The molecule has 33 heavy (non-hydrogen) atoms. The fourth-order valence-electron chi connectivity index (χ4n) is 4.87. The number of aryl methyl sites for hydroxylation is 2. The summed E-state index contributed by atoms with van der Waals surface area (Å²) in [6, 6.07) is 11.8. The lowest BCUT2D eigenvalue weighted by Crippen LogP contribution is -2.34. The van der Waals surface area contributed by atoms with E-state index in [4.69, 9.17) is 4.42 Å². The summed E-state index contributed by atoms with van der Waals surface area (Å²) in [4.78, 5) is 20.5. The van der Waals surface area contributed by atoms with Crippen molar-refractivity contribution in [1.82, 2.24) is 9.88 Å². The second kappa shape index (κ2) is 9.12. The highest BCUT2D eigenvalue weighted by Crippen LogP contribution is 2.42. The predicted molar refractivity (Wildman–Crippen MR) is 133 cm³/mol. The van der Waals surface area contributed by atoms with Crippen molar-refractivity contribution in [1.29, 1.82) is 0 Å². The van der Waals surface area contributed by atoms with Gasteiger partial charge < -0.3 is 9.52 Å². The van der Waals surface area contributed by atoms with Gasteiger partial charge in [-0.3, -0.25) is 9.69 Å². The summed E-state index contributed by atoms with van der Waals surface area (Å²) in [6.07, 6.45) is 5.58. The summed E-state index contributed by atoms with van der Waals surface area (Å²) < 4.78 is 6.17. The van der Waals surface area contributed by atoms with Crippen LogP contribution in [0.2, 0.25) is 0 Å². The molecule has 0 spiro atoms. The molecule has 3 heterocycles. The zero-order valence-electron chi connectivity index (χ0n) is 19.0. The van der Waals surface area contributed by atoms with Gasteiger partial charge in [0.25, 0.3) is 0 Å². The molecule has 5 nitrogen and oxygen atoms in total. The number of benzene rings is 2. The smallest absolute Gasteiger partial charge is 0.202 e. The van der Waals surface area contributed by atoms with E-state index in [2.05, 4.69) is 22.0 Å². The van der Waals surface area contributed by atoms with Gasteiger partial charge in [0.15, 0.2) is 0 Å². The average Bonchev–Trinajstić information content (AvgIpc) is 3.28. The zero-order chi connectivity index (χ0) is 22.9. The van der Waals surface area contributed by atoms with Gasteiger partial charge in [-0.15, -0.1) is 11.3 Å². The molecule has 0 radical (unpaired) electrons. The number of phenolic OH excluding ortho intramolecular Hbond substituents is 1.